The van der Waals surface area contributed by atoms with Crippen LogP contribution in [0.5, 0.6) is 5.75 Å². The molecular formula is C27H32N4O3S. The summed E-state index contributed by atoms with van der Waals surface area (Å²) < 4.78 is 34.0. The summed E-state index contributed by atoms with van der Waals surface area (Å²) in [5.41, 5.74) is 8.95. The van der Waals surface area contributed by atoms with Crippen LogP contribution in [-0.4, -0.2) is 39.2 Å². The van der Waals surface area contributed by atoms with Crippen molar-refractivity contribution in [2.45, 2.75) is 44.7 Å². The summed E-state index contributed by atoms with van der Waals surface area (Å²) >= 11 is 0. The molecule has 2 heterocycles. The zero-order chi connectivity index (χ0) is 24.6. The average molecular weight is 493 g/mol. The van der Waals surface area contributed by atoms with E-state index in [1.54, 1.807) is 11.2 Å². The Kier molecular flexibility index (Phi) is 6.42. The molecule has 2 atom stereocenters. The molecule has 184 valence electrons. The van der Waals surface area contributed by atoms with Crippen LogP contribution in [-0.2, 0) is 16.4 Å². The summed E-state index contributed by atoms with van der Waals surface area (Å²) in [5, 5.41) is 13.2. The normalized spacial score (nSPS) is 19.7. The van der Waals surface area contributed by atoms with Crippen molar-refractivity contribution in [3.8, 4) is 5.75 Å². The van der Waals surface area contributed by atoms with Gasteiger partial charge in [0.25, 0.3) is 0 Å². The smallest absolute Gasteiger partial charge is 0.235 e. The molecule has 5 rings (SSSR count). The molecule has 4 N–H and O–H groups in total. The Morgan fingerprint density at radius 2 is 1.97 bits per heavy atom. The lowest BCUT2D eigenvalue weighted by Crippen LogP contribution is -2.33. The fraction of sp³-hybridized carbons (Fsp3) is 0.370. The summed E-state index contributed by atoms with van der Waals surface area (Å²) in [4.78, 5) is 0. The Morgan fingerprint density at radius 3 is 2.71 bits per heavy atom. The van der Waals surface area contributed by atoms with E-state index in [4.69, 9.17) is 15.9 Å². The van der Waals surface area contributed by atoms with Crippen LogP contribution in [0.1, 0.15) is 48.9 Å². The minimum Gasteiger partial charge on any atom is -0.494 e. The first kappa shape index (κ1) is 23.6. The molecule has 3 aromatic rings. The predicted molar refractivity (Wildman–Crippen MR) is 141 cm³/mol. The molecular weight excluding hydrogens is 460 g/mol. The number of nitrogens with zero attached hydrogens (tertiary/aromatic N) is 1. The van der Waals surface area contributed by atoms with E-state index >= 15 is 0 Å². The van der Waals surface area contributed by atoms with Crippen molar-refractivity contribution < 1.29 is 13.2 Å². The SMILES string of the molecule is CCS(=O)(=O)N1c2ccc(OCCC3CCCN3)cc2CC1c1ccc2ccc(C(=N)N)cc2c1. The number of nitrogens with two attached hydrogens (primary N) is 1. The third-order valence-electron chi connectivity index (χ3n) is 7.11. The predicted octanol–water partition coefficient (Wildman–Crippen LogP) is 4.10. The van der Waals surface area contributed by atoms with Crippen LogP contribution in [0.2, 0.25) is 0 Å². The maximum absolute atomic E-state index is 13.2. The van der Waals surface area contributed by atoms with E-state index < -0.39 is 10.0 Å². The van der Waals surface area contributed by atoms with Crippen LogP contribution < -0.4 is 20.1 Å². The molecule has 0 saturated carbocycles. The summed E-state index contributed by atoms with van der Waals surface area (Å²) in [6, 6.07) is 17.6. The maximum Gasteiger partial charge on any atom is 0.235 e. The number of hydrogen-bond acceptors (Lipinski definition) is 5. The number of ether oxygens (including phenoxy) is 1. The quantitative estimate of drug-likeness (QED) is 0.324. The van der Waals surface area contributed by atoms with Crippen molar-refractivity contribution in [1.82, 2.24) is 5.32 Å². The molecule has 8 heteroatoms. The van der Waals surface area contributed by atoms with Crippen LogP contribution in [0.25, 0.3) is 10.8 Å². The Bertz CT molecular complexity index is 1370. The lowest BCUT2D eigenvalue weighted by atomic mass is 9.98. The second-order valence-electron chi connectivity index (χ2n) is 9.37. The highest BCUT2D eigenvalue weighted by Gasteiger charge is 2.38. The van der Waals surface area contributed by atoms with Gasteiger partial charge in [0.05, 0.1) is 24.1 Å². The third kappa shape index (κ3) is 4.73. The minimum absolute atomic E-state index is 0.0111. The number of rotatable bonds is 8. The molecule has 0 spiro atoms. The van der Waals surface area contributed by atoms with Crippen LogP contribution in [0.3, 0.4) is 0 Å². The molecule has 1 fully saturated rings. The number of anilines is 1. The van der Waals surface area contributed by atoms with Gasteiger partial charge in [0.2, 0.25) is 10.0 Å². The monoisotopic (exact) mass is 492 g/mol. The van der Waals surface area contributed by atoms with Crippen molar-refractivity contribution in [3.05, 3.63) is 71.3 Å². The summed E-state index contributed by atoms with van der Waals surface area (Å²) in [5.74, 6) is 0.815. The fourth-order valence-electron chi connectivity index (χ4n) is 5.19. The van der Waals surface area contributed by atoms with Crippen molar-refractivity contribution >= 4 is 32.3 Å². The standard InChI is InChI=1S/C27H32N4O3S/c1-2-35(32,33)31-25-10-9-24(34-13-11-23-4-3-12-30-23)16-22(25)17-26(31)19-7-5-18-6-8-20(27(28)29)15-21(18)14-19/h5-10,14-16,23,26,30H,2-4,11-13,17H2,1H3,(H3,28,29). The van der Waals surface area contributed by atoms with E-state index in [0.29, 0.717) is 24.6 Å². The number of fused-ring (bicyclic) bond motifs is 2. The van der Waals surface area contributed by atoms with E-state index in [1.165, 1.54) is 12.8 Å². The molecule has 3 aromatic carbocycles. The van der Waals surface area contributed by atoms with Crippen molar-refractivity contribution in [2.24, 2.45) is 5.73 Å². The molecule has 2 unspecified atom stereocenters. The molecule has 35 heavy (non-hydrogen) atoms. The summed E-state index contributed by atoms with van der Waals surface area (Å²) in [7, 11) is -3.49. The van der Waals surface area contributed by atoms with E-state index in [2.05, 4.69) is 5.32 Å². The van der Waals surface area contributed by atoms with Gasteiger partial charge < -0.3 is 15.8 Å². The molecule has 2 aliphatic rings. The molecule has 0 aromatic heterocycles. The highest BCUT2D eigenvalue weighted by atomic mass is 32.2. The highest BCUT2D eigenvalue weighted by Crippen LogP contribution is 2.44. The molecule has 0 aliphatic carbocycles. The molecule has 2 aliphatic heterocycles. The number of amidine groups is 1. The Hall–Kier alpha value is -3.10. The van der Waals surface area contributed by atoms with Gasteiger partial charge in [0, 0.05) is 18.0 Å². The Morgan fingerprint density at radius 1 is 1.14 bits per heavy atom. The fourth-order valence-corrected chi connectivity index (χ4v) is 6.53. The van der Waals surface area contributed by atoms with Gasteiger partial charge in [-0.3, -0.25) is 9.71 Å². The largest absolute Gasteiger partial charge is 0.494 e. The van der Waals surface area contributed by atoms with Gasteiger partial charge in [0.1, 0.15) is 11.6 Å². The van der Waals surface area contributed by atoms with Crippen LogP contribution in [0.4, 0.5) is 5.69 Å². The molecule has 0 radical (unpaired) electrons. The highest BCUT2D eigenvalue weighted by molar-refractivity contribution is 7.92. The number of sulfonamides is 1. The van der Waals surface area contributed by atoms with Crippen molar-refractivity contribution in [1.29, 1.82) is 5.41 Å². The molecule has 1 saturated heterocycles. The number of hydrogen-bond donors (Lipinski definition) is 3. The van der Waals surface area contributed by atoms with E-state index in [1.807, 2.05) is 54.6 Å². The van der Waals surface area contributed by atoms with Gasteiger partial charge in [-0.25, -0.2) is 8.42 Å². The zero-order valence-corrected chi connectivity index (χ0v) is 20.8. The summed E-state index contributed by atoms with van der Waals surface area (Å²) in [6.07, 6.45) is 3.96. The first-order chi connectivity index (χ1) is 16.9. The van der Waals surface area contributed by atoms with Crippen molar-refractivity contribution in [2.75, 3.05) is 23.2 Å². The second-order valence-corrected chi connectivity index (χ2v) is 11.5. The van der Waals surface area contributed by atoms with E-state index in [-0.39, 0.29) is 17.6 Å². The maximum atomic E-state index is 13.2. The molecule has 0 bridgehead atoms. The number of nitrogens with one attached hydrogen (secondary N) is 2. The van der Waals surface area contributed by atoms with Gasteiger partial charge >= 0.3 is 0 Å². The van der Waals surface area contributed by atoms with Gasteiger partial charge in [-0.2, -0.15) is 0 Å². The van der Waals surface area contributed by atoms with Crippen LogP contribution in [0.15, 0.2) is 54.6 Å². The topological polar surface area (TPSA) is 109 Å². The van der Waals surface area contributed by atoms with Crippen LogP contribution in [0, 0.1) is 5.41 Å². The van der Waals surface area contributed by atoms with E-state index in [9.17, 15) is 8.42 Å². The van der Waals surface area contributed by atoms with E-state index in [0.717, 1.165) is 46.3 Å². The minimum atomic E-state index is -3.49. The lowest BCUT2D eigenvalue weighted by molar-refractivity contribution is 0.292. The van der Waals surface area contributed by atoms with Gasteiger partial charge in [0.15, 0.2) is 0 Å². The Balaban J connectivity index is 1.45. The first-order valence-electron chi connectivity index (χ1n) is 12.2. The first-order valence-corrected chi connectivity index (χ1v) is 13.9. The number of benzene rings is 3. The summed E-state index contributed by atoms with van der Waals surface area (Å²) in [6.45, 7) is 3.40. The number of nitrogen functional groups attached to an aromatic ring is 1. The third-order valence-corrected chi connectivity index (χ3v) is 8.89. The van der Waals surface area contributed by atoms with Gasteiger partial charge in [-0.1, -0.05) is 24.3 Å². The van der Waals surface area contributed by atoms with Gasteiger partial charge in [-0.05, 0) is 85.0 Å². The average Bonchev–Trinajstić information content (AvgIpc) is 3.51. The van der Waals surface area contributed by atoms with Gasteiger partial charge in [-0.15, -0.1) is 0 Å². The molecule has 0 amide bonds. The zero-order valence-electron chi connectivity index (χ0n) is 20.0. The lowest BCUT2D eigenvalue weighted by Gasteiger charge is -2.27. The second kappa shape index (κ2) is 9.51. The van der Waals surface area contributed by atoms with Crippen molar-refractivity contribution in [3.63, 3.8) is 0 Å². The van der Waals surface area contributed by atoms with Crippen LogP contribution >= 0.6 is 0 Å². The Labute approximate surface area is 206 Å². The molecule has 7 nitrogen and oxygen atoms in total.